The van der Waals surface area contributed by atoms with Gasteiger partial charge in [0.05, 0.1) is 20.3 Å². The Bertz CT molecular complexity index is 1890. The number of hydrogen-bond donors (Lipinski definition) is 3. The van der Waals surface area contributed by atoms with Gasteiger partial charge in [0.2, 0.25) is 11.8 Å². The number of ether oxygens (including phenoxy) is 3. The predicted octanol–water partition coefficient (Wildman–Crippen LogP) is 4.51. The van der Waals surface area contributed by atoms with Crippen molar-refractivity contribution in [3.8, 4) is 0 Å². The Morgan fingerprint density at radius 3 is 2.15 bits per heavy atom. The monoisotopic (exact) mass is 710 g/mol. The van der Waals surface area contributed by atoms with Crippen LogP contribution in [0.15, 0.2) is 91.1 Å². The lowest BCUT2D eigenvalue weighted by Gasteiger charge is -2.32. The van der Waals surface area contributed by atoms with Crippen LogP contribution in [0.2, 0.25) is 0 Å². The number of alkyl carbamates (subject to hydrolysis) is 1. The molecule has 0 aliphatic carbocycles. The van der Waals surface area contributed by atoms with Crippen molar-refractivity contribution in [2.45, 2.75) is 70.2 Å². The number of hydrogen-bond acceptors (Lipinski definition) is 8. The highest BCUT2D eigenvalue weighted by Crippen LogP contribution is 2.42. The Labute approximate surface area is 303 Å². The van der Waals surface area contributed by atoms with Crippen molar-refractivity contribution in [2.75, 3.05) is 20.8 Å². The van der Waals surface area contributed by atoms with Gasteiger partial charge in [-0.05, 0) is 56.4 Å². The van der Waals surface area contributed by atoms with Crippen molar-refractivity contribution in [3.63, 3.8) is 0 Å². The van der Waals surface area contributed by atoms with E-state index in [1.807, 2.05) is 84.9 Å². The molecule has 5 rings (SSSR count). The van der Waals surface area contributed by atoms with Gasteiger partial charge in [0.15, 0.2) is 5.41 Å². The second kappa shape index (κ2) is 16.1. The van der Waals surface area contributed by atoms with Crippen LogP contribution in [-0.4, -0.2) is 84.2 Å². The van der Waals surface area contributed by atoms with E-state index in [4.69, 9.17) is 14.2 Å². The normalized spacial score (nSPS) is 18.4. The molecule has 1 fully saturated rings. The first-order valence-electron chi connectivity index (χ1n) is 17.2. The highest BCUT2D eigenvalue weighted by Gasteiger charge is 2.60. The maximum absolute atomic E-state index is 14.7. The van der Waals surface area contributed by atoms with E-state index in [1.165, 1.54) is 19.1 Å². The molecule has 1 aliphatic heterocycles. The molecule has 4 aromatic rings. The molecule has 4 atom stereocenters. The van der Waals surface area contributed by atoms with Crippen LogP contribution in [0.5, 0.6) is 0 Å². The van der Waals surface area contributed by atoms with E-state index in [9.17, 15) is 24.0 Å². The van der Waals surface area contributed by atoms with Crippen molar-refractivity contribution >= 4 is 40.7 Å². The van der Waals surface area contributed by atoms with Gasteiger partial charge in [0.25, 0.3) is 0 Å². The lowest BCUT2D eigenvalue weighted by molar-refractivity contribution is -0.163. The molecule has 2 heterocycles. The van der Waals surface area contributed by atoms with Crippen LogP contribution in [0.3, 0.4) is 0 Å². The molecular formula is C40H46N4O8. The van der Waals surface area contributed by atoms with Crippen molar-refractivity contribution in [1.82, 2.24) is 20.5 Å². The van der Waals surface area contributed by atoms with Gasteiger partial charge < -0.3 is 34.7 Å². The van der Waals surface area contributed by atoms with Gasteiger partial charge in [-0.3, -0.25) is 14.4 Å². The number of rotatable bonds is 13. The molecule has 3 aromatic carbocycles. The number of aromatic nitrogens is 1. The van der Waals surface area contributed by atoms with Crippen molar-refractivity contribution < 1.29 is 38.2 Å². The maximum atomic E-state index is 14.7. The highest BCUT2D eigenvalue weighted by atomic mass is 16.6. The van der Waals surface area contributed by atoms with E-state index in [2.05, 4.69) is 15.6 Å². The molecule has 1 saturated heterocycles. The largest absolute Gasteiger partial charge is 0.468 e. The number of esters is 2. The summed E-state index contributed by atoms with van der Waals surface area (Å²) in [6, 6.07) is 22.9. The number of H-pyrrole nitrogens is 1. The van der Waals surface area contributed by atoms with Crippen LogP contribution in [0.4, 0.5) is 4.79 Å². The Morgan fingerprint density at radius 2 is 1.52 bits per heavy atom. The molecule has 3 N–H and O–H groups in total. The summed E-state index contributed by atoms with van der Waals surface area (Å²) >= 11 is 0. The number of fused-ring (bicyclic) bond motifs is 1. The molecule has 0 unspecified atom stereocenters. The molecule has 1 aliphatic rings. The van der Waals surface area contributed by atoms with E-state index in [0.717, 1.165) is 27.6 Å². The fourth-order valence-electron chi connectivity index (χ4n) is 6.89. The van der Waals surface area contributed by atoms with E-state index in [0.29, 0.717) is 0 Å². The molecular weight excluding hydrogens is 664 g/mol. The van der Waals surface area contributed by atoms with Gasteiger partial charge in [-0.1, -0.05) is 78.9 Å². The van der Waals surface area contributed by atoms with Crippen molar-refractivity contribution in [2.24, 2.45) is 5.41 Å². The van der Waals surface area contributed by atoms with Gasteiger partial charge in [-0.25, -0.2) is 9.59 Å². The van der Waals surface area contributed by atoms with E-state index in [1.54, 1.807) is 27.0 Å². The zero-order valence-corrected chi connectivity index (χ0v) is 30.1. The van der Waals surface area contributed by atoms with Gasteiger partial charge in [-0.15, -0.1) is 0 Å². The summed E-state index contributed by atoms with van der Waals surface area (Å²) in [6.45, 7) is 5.04. The van der Waals surface area contributed by atoms with Crippen molar-refractivity contribution in [3.05, 3.63) is 108 Å². The summed E-state index contributed by atoms with van der Waals surface area (Å²) in [7, 11) is 2.47. The molecule has 3 amide bonds. The molecule has 0 saturated carbocycles. The quantitative estimate of drug-likeness (QED) is 0.104. The van der Waals surface area contributed by atoms with Gasteiger partial charge in [0.1, 0.15) is 17.7 Å². The summed E-state index contributed by atoms with van der Waals surface area (Å²) < 4.78 is 15.9. The smallest absolute Gasteiger partial charge is 0.408 e. The van der Waals surface area contributed by atoms with Gasteiger partial charge in [0, 0.05) is 36.5 Å². The third kappa shape index (κ3) is 8.62. The number of benzene rings is 3. The Hall–Kier alpha value is -5.65. The minimum absolute atomic E-state index is 0.0168. The van der Waals surface area contributed by atoms with E-state index >= 15 is 0 Å². The van der Waals surface area contributed by atoms with Crippen LogP contribution in [0, 0.1) is 5.41 Å². The minimum atomic E-state index is -1.69. The average molecular weight is 711 g/mol. The number of aromatic amines is 1. The van der Waals surface area contributed by atoms with E-state index in [-0.39, 0.29) is 32.2 Å². The number of likely N-dealkylation sites (tertiary alicyclic amines) is 1. The predicted molar refractivity (Wildman–Crippen MR) is 194 cm³/mol. The second-order valence-corrected chi connectivity index (χ2v) is 14.0. The van der Waals surface area contributed by atoms with Crippen LogP contribution in [0.25, 0.3) is 10.9 Å². The summed E-state index contributed by atoms with van der Waals surface area (Å²) in [6.07, 6.45) is 1.21. The number of nitrogens with zero attached hydrogens (tertiary/aromatic N) is 1. The van der Waals surface area contributed by atoms with E-state index < -0.39 is 59.0 Å². The standard InChI is InChI=1S/C40H46N4O8/c1-39(2,3)52-38(49)43-32(21-28-24-41-31-19-13-12-18-30(28)31)34(45)42-25-29-23-40(37(48)51-5,22-27-16-10-7-11-17-27)36(47)44(29)33(35(46)50-4)20-26-14-8-6-9-15-26/h6-19,24,29,32-33,41H,20-23,25H2,1-5H3,(H,42,45)(H,43,49)/t29-,32+,33+,40-/m1/s1. The van der Waals surface area contributed by atoms with Crippen LogP contribution in [0.1, 0.15) is 43.9 Å². The Balaban J connectivity index is 1.49. The first kappa shape index (κ1) is 37.6. The second-order valence-electron chi connectivity index (χ2n) is 14.0. The van der Waals surface area contributed by atoms with Crippen LogP contribution in [-0.2, 0) is 52.7 Å². The first-order chi connectivity index (χ1) is 24.8. The Kier molecular flexibility index (Phi) is 11.7. The molecule has 12 nitrogen and oxygen atoms in total. The molecule has 0 radical (unpaired) electrons. The highest BCUT2D eigenvalue weighted by molar-refractivity contribution is 6.06. The number of methoxy groups -OCH3 is 2. The SMILES string of the molecule is COC(=O)[C@H](Cc1ccccc1)N1C(=O)[C@](Cc2ccccc2)(C(=O)OC)C[C@@H]1CNC(=O)[C@H](Cc1c[nH]c2ccccc12)NC(=O)OC(C)(C)C. The fourth-order valence-corrected chi connectivity index (χ4v) is 6.89. The lowest BCUT2D eigenvalue weighted by Crippen LogP contribution is -2.55. The van der Waals surface area contributed by atoms with Gasteiger partial charge in [-0.2, -0.15) is 0 Å². The summed E-state index contributed by atoms with van der Waals surface area (Å²) in [5.74, 6) is -2.55. The lowest BCUT2D eigenvalue weighted by atomic mass is 9.78. The summed E-state index contributed by atoms with van der Waals surface area (Å²) in [5, 5.41) is 6.53. The number of carbonyl (C=O) groups excluding carboxylic acids is 5. The maximum Gasteiger partial charge on any atom is 0.408 e. The fraction of sp³-hybridized carbons (Fsp3) is 0.375. The number of nitrogens with one attached hydrogen (secondary N) is 3. The summed E-state index contributed by atoms with van der Waals surface area (Å²) in [4.78, 5) is 73.5. The topological polar surface area (TPSA) is 156 Å². The van der Waals surface area contributed by atoms with Crippen LogP contribution < -0.4 is 10.6 Å². The minimum Gasteiger partial charge on any atom is -0.468 e. The number of amides is 3. The molecule has 52 heavy (non-hydrogen) atoms. The third-order valence-corrected chi connectivity index (χ3v) is 9.25. The van der Waals surface area contributed by atoms with Gasteiger partial charge >= 0.3 is 18.0 Å². The number of carbonyl (C=O) groups is 5. The zero-order valence-electron chi connectivity index (χ0n) is 30.1. The average Bonchev–Trinajstić information content (AvgIpc) is 3.66. The Morgan fingerprint density at radius 1 is 0.885 bits per heavy atom. The molecule has 0 spiro atoms. The third-order valence-electron chi connectivity index (χ3n) is 9.25. The zero-order chi connectivity index (χ0) is 37.5. The molecule has 274 valence electrons. The molecule has 12 heteroatoms. The van der Waals surface area contributed by atoms with Crippen molar-refractivity contribution in [1.29, 1.82) is 0 Å². The van der Waals surface area contributed by atoms with Crippen LogP contribution >= 0.6 is 0 Å². The molecule has 1 aromatic heterocycles. The first-order valence-corrected chi connectivity index (χ1v) is 17.2. The molecule has 0 bridgehead atoms. The number of para-hydroxylation sites is 1. The summed E-state index contributed by atoms with van der Waals surface area (Å²) in [5.41, 5.74) is 0.668.